The summed E-state index contributed by atoms with van der Waals surface area (Å²) in [7, 11) is 0. The van der Waals surface area contributed by atoms with E-state index in [1.165, 1.54) is 18.3 Å². The Hall–Kier alpha value is -1.62. The van der Waals surface area contributed by atoms with Crippen molar-refractivity contribution in [3.63, 3.8) is 0 Å². The summed E-state index contributed by atoms with van der Waals surface area (Å²) in [5, 5.41) is 8.49. The Morgan fingerprint density at radius 2 is 2.33 bits per heavy atom. The number of aliphatic carboxylic acids is 1. The molecule has 0 aliphatic carbocycles. The number of carboxylic acid groups (broad SMARTS) is 1. The minimum Gasteiger partial charge on any atom is -0.480 e. The summed E-state index contributed by atoms with van der Waals surface area (Å²) < 4.78 is 0. The zero-order valence-corrected chi connectivity index (χ0v) is 6.15. The van der Waals surface area contributed by atoms with Crippen LogP contribution in [-0.4, -0.2) is 16.1 Å². The number of hydrogen-bond donors (Lipinski definition) is 3. The number of nitrogens with two attached hydrogens (primary N) is 1. The smallest absolute Gasteiger partial charge is 0.325 e. The normalized spacial score (nSPS) is 12.4. The van der Waals surface area contributed by atoms with E-state index in [1.807, 2.05) is 0 Å². The van der Waals surface area contributed by atoms with Gasteiger partial charge in [0, 0.05) is 12.3 Å². The van der Waals surface area contributed by atoms with Gasteiger partial charge in [-0.05, 0) is 11.6 Å². The largest absolute Gasteiger partial charge is 0.480 e. The highest BCUT2D eigenvalue weighted by atomic mass is 16.4. The Balaban J connectivity index is 3.03. The lowest BCUT2D eigenvalue weighted by molar-refractivity contribution is -0.138. The molecule has 1 aromatic rings. The van der Waals surface area contributed by atoms with Crippen molar-refractivity contribution in [3.8, 4) is 0 Å². The molecule has 1 heterocycles. The van der Waals surface area contributed by atoms with E-state index in [4.69, 9.17) is 10.8 Å². The third kappa shape index (κ3) is 1.70. The number of aromatic amines is 1. The molecule has 0 saturated carbocycles. The third-order valence-electron chi connectivity index (χ3n) is 1.42. The van der Waals surface area contributed by atoms with E-state index >= 15 is 0 Å². The van der Waals surface area contributed by atoms with Gasteiger partial charge in [0.25, 0.3) is 0 Å². The molecule has 0 radical (unpaired) electrons. The lowest BCUT2D eigenvalue weighted by Gasteiger charge is -2.04. The molecule has 0 aromatic carbocycles. The maximum Gasteiger partial charge on any atom is 0.325 e. The molecule has 64 valence electrons. The van der Waals surface area contributed by atoms with Crippen LogP contribution >= 0.6 is 0 Å². The van der Waals surface area contributed by atoms with Crippen LogP contribution in [0.15, 0.2) is 23.1 Å². The number of H-pyrrole nitrogens is 1. The first-order valence-corrected chi connectivity index (χ1v) is 3.28. The van der Waals surface area contributed by atoms with Crippen LogP contribution in [0.4, 0.5) is 0 Å². The van der Waals surface area contributed by atoms with Crippen LogP contribution in [0, 0.1) is 0 Å². The van der Waals surface area contributed by atoms with Gasteiger partial charge >= 0.3 is 5.97 Å². The summed E-state index contributed by atoms with van der Waals surface area (Å²) >= 11 is 0. The van der Waals surface area contributed by atoms with Crippen LogP contribution in [0.25, 0.3) is 0 Å². The van der Waals surface area contributed by atoms with E-state index in [1.54, 1.807) is 0 Å². The molecule has 1 rings (SSSR count). The molecular formula is C7H8N2O3. The molecule has 1 atom stereocenters. The molecule has 0 aliphatic rings. The molecule has 4 N–H and O–H groups in total. The minimum absolute atomic E-state index is 0.297. The second-order valence-corrected chi connectivity index (χ2v) is 2.30. The molecule has 12 heavy (non-hydrogen) atoms. The Morgan fingerprint density at radius 3 is 2.83 bits per heavy atom. The van der Waals surface area contributed by atoms with Gasteiger partial charge in [0.2, 0.25) is 5.56 Å². The van der Waals surface area contributed by atoms with Gasteiger partial charge in [-0.3, -0.25) is 9.59 Å². The topological polar surface area (TPSA) is 96.2 Å². The molecule has 0 spiro atoms. The van der Waals surface area contributed by atoms with Gasteiger partial charge in [-0.15, -0.1) is 0 Å². The molecule has 0 aliphatic heterocycles. The van der Waals surface area contributed by atoms with Crippen LogP contribution in [0.2, 0.25) is 0 Å². The first-order valence-electron chi connectivity index (χ1n) is 3.28. The highest BCUT2D eigenvalue weighted by Crippen LogP contribution is 2.05. The van der Waals surface area contributed by atoms with E-state index in [-0.39, 0.29) is 5.56 Å². The molecule has 0 fully saturated rings. The first-order chi connectivity index (χ1) is 5.61. The molecule has 1 aromatic heterocycles. The number of aromatic nitrogens is 1. The fraction of sp³-hybridized carbons (Fsp3) is 0.143. The summed E-state index contributed by atoms with van der Waals surface area (Å²) in [6.45, 7) is 0. The van der Waals surface area contributed by atoms with Gasteiger partial charge in [-0.1, -0.05) is 0 Å². The van der Waals surface area contributed by atoms with Gasteiger partial charge in [0.05, 0.1) is 0 Å². The monoisotopic (exact) mass is 168 g/mol. The summed E-state index contributed by atoms with van der Waals surface area (Å²) in [6, 6.07) is 1.49. The average Bonchev–Trinajstić information content (AvgIpc) is 2.03. The molecule has 5 nitrogen and oxygen atoms in total. The summed E-state index contributed by atoms with van der Waals surface area (Å²) in [6.07, 6.45) is 1.36. The number of carboxylic acids is 1. The van der Waals surface area contributed by atoms with Crippen LogP contribution in [-0.2, 0) is 4.79 Å². The van der Waals surface area contributed by atoms with Gasteiger partial charge in [-0.25, -0.2) is 0 Å². The summed E-state index contributed by atoms with van der Waals surface area (Å²) in [5.74, 6) is -1.15. The van der Waals surface area contributed by atoms with E-state index in [2.05, 4.69) is 4.98 Å². The van der Waals surface area contributed by atoms with Crippen molar-refractivity contribution in [1.82, 2.24) is 4.98 Å². The Morgan fingerprint density at radius 1 is 1.67 bits per heavy atom. The van der Waals surface area contributed by atoms with Crippen molar-refractivity contribution >= 4 is 5.97 Å². The van der Waals surface area contributed by atoms with Crippen molar-refractivity contribution in [2.24, 2.45) is 5.73 Å². The zero-order chi connectivity index (χ0) is 9.14. The van der Waals surface area contributed by atoms with Gasteiger partial charge in [-0.2, -0.15) is 0 Å². The lowest BCUT2D eigenvalue weighted by Crippen LogP contribution is -2.22. The van der Waals surface area contributed by atoms with Gasteiger partial charge in [0.1, 0.15) is 6.04 Å². The third-order valence-corrected chi connectivity index (χ3v) is 1.42. The standard InChI is InChI=1S/C7H8N2O3/c8-6(7(11)12)4-1-2-9-5(10)3-4/h1-3,6H,8H2,(H,9,10)(H,11,12). The quantitative estimate of drug-likeness (QED) is 0.552. The van der Waals surface area contributed by atoms with Crippen LogP contribution in [0.3, 0.4) is 0 Å². The molecular weight excluding hydrogens is 160 g/mol. The Kier molecular flexibility index (Phi) is 2.25. The van der Waals surface area contributed by atoms with E-state index in [9.17, 15) is 9.59 Å². The van der Waals surface area contributed by atoms with Crippen molar-refractivity contribution in [2.45, 2.75) is 6.04 Å². The van der Waals surface area contributed by atoms with Gasteiger partial charge < -0.3 is 15.8 Å². The Bertz CT molecular complexity index is 345. The fourth-order valence-corrected chi connectivity index (χ4v) is 0.797. The van der Waals surface area contributed by atoms with E-state index in [0.717, 1.165) is 0 Å². The molecule has 0 saturated heterocycles. The zero-order valence-electron chi connectivity index (χ0n) is 6.15. The molecule has 5 heteroatoms. The van der Waals surface area contributed by atoms with Gasteiger partial charge in [0.15, 0.2) is 0 Å². The predicted molar refractivity (Wildman–Crippen MR) is 41.6 cm³/mol. The number of pyridine rings is 1. The highest BCUT2D eigenvalue weighted by Gasteiger charge is 2.13. The highest BCUT2D eigenvalue weighted by molar-refractivity contribution is 5.75. The lowest BCUT2D eigenvalue weighted by atomic mass is 10.1. The van der Waals surface area contributed by atoms with E-state index < -0.39 is 12.0 Å². The van der Waals surface area contributed by atoms with Crippen molar-refractivity contribution < 1.29 is 9.90 Å². The predicted octanol–water partition coefficient (Wildman–Crippen LogP) is -0.541. The maximum atomic E-state index is 10.7. The van der Waals surface area contributed by atoms with Crippen molar-refractivity contribution in [3.05, 3.63) is 34.2 Å². The summed E-state index contributed by atoms with van der Waals surface area (Å²) in [5.41, 5.74) is 5.19. The fourth-order valence-electron chi connectivity index (χ4n) is 0.797. The number of nitrogens with one attached hydrogen (secondary N) is 1. The number of carbonyl (C=O) groups is 1. The number of rotatable bonds is 2. The van der Waals surface area contributed by atoms with Crippen LogP contribution < -0.4 is 11.3 Å². The maximum absolute atomic E-state index is 10.7. The van der Waals surface area contributed by atoms with E-state index in [0.29, 0.717) is 5.56 Å². The molecule has 0 amide bonds. The SMILES string of the molecule is NC(C(=O)O)c1cc[nH]c(=O)c1. The molecule has 1 unspecified atom stereocenters. The van der Waals surface area contributed by atoms with Crippen LogP contribution in [0.1, 0.15) is 11.6 Å². The molecule has 0 bridgehead atoms. The Labute approximate surface area is 67.8 Å². The number of hydrogen-bond acceptors (Lipinski definition) is 3. The first kappa shape index (κ1) is 8.48. The summed E-state index contributed by atoms with van der Waals surface area (Å²) in [4.78, 5) is 23.4. The minimum atomic E-state index is -1.15. The second-order valence-electron chi connectivity index (χ2n) is 2.30. The van der Waals surface area contributed by atoms with Crippen molar-refractivity contribution in [1.29, 1.82) is 0 Å². The average molecular weight is 168 g/mol. The van der Waals surface area contributed by atoms with Crippen molar-refractivity contribution in [2.75, 3.05) is 0 Å². The second kappa shape index (κ2) is 3.19. The van der Waals surface area contributed by atoms with Crippen LogP contribution in [0.5, 0.6) is 0 Å².